The van der Waals surface area contributed by atoms with E-state index in [1.165, 1.54) is 30.4 Å². The lowest BCUT2D eigenvalue weighted by Gasteiger charge is -2.31. The van der Waals surface area contributed by atoms with Gasteiger partial charge in [0.15, 0.2) is 5.13 Å². The van der Waals surface area contributed by atoms with Gasteiger partial charge >= 0.3 is 0 Å². The number of amides is 2. The zero-order chi connectivity index (χ0) is 18.3. The van der Waals surface area contributed by atoms with Gasteiger partial charge in [0.1, 0.15) is 5.82 Å². The normalized spacial score (nSPS) is 17.6. The number of carbonyl (C=O) groups is 2. The molecule has 1 aliphatic rings. The molecule has 0 spiro atoms. The molecule has 1 aliphatic heterocycles. The fourth-order valence-electron chi connectivity index (χ4n) is 3.42. The van der Waals surface area contributed by atoms with Crippen LogP contribution >= 0.6 is 11.3 Å². The number of thiazole rings is 1. The molecule has 0 saturated carbocycles. The maximum Gasteiger partial charge on any atom is 0.231 e. The number of piperidine rings is 1. The highest BCUT2D eigenvalue weighted by atomic mass is 32.1. The van der Waals surface area contributed by atoms with Crippen molar-refractivity contribution in [3.63, 3.8) is 0 Å². The predicted octanol–water partition coefficient (Wildman–Crippen LogP) is 3.79. The van der Waals surface area contributed by atoms with Crippen molar-refractivity contribution in [2.24, 2.45) is 5.92 Å². The van der Waals surface area contributed by atoms with Crippen LogP contribution in [0.15, 0.2) is 30.3 Å². The molecule has 1 fully saturated rings. The number of benzene rings is 2. The van der Waals surface area contributed by atoms with Gasteiger partial charge in [-0.2, -0.15) is 0 Å². The number of rotatable bonds is 2. The summed E-state index contributed by atoms with van der Waals surface area (Å²) in [5.41, 5.74) is 0.776. The molecule has 0 aliphatic carbocycles. The first kappa shape index (κ1) is 16.9. The molecule has 1 saturated heterocycles. The number of nitrogens with one attached hydrogen (secondary N) is 1. The lowest BCUT2D eigenvalue weighted by Crippen LogP contribution is -2.42. The third-order valence-electron chi connectivity index (χ3n) is 4.80. The molecule has 3 aromatic rings. The fourth-order valence-corrected chi connectivity index (χ4v) is 4.43. The van der Waals surface area contributed by atoms with Gasteiger partial charge in [0.25, 0.3) is 0 Å². The van der Waals surface area contributed by atoms with E-state index in [0.29, 0.717) is 18.2 Å². The third kappa shape index (κ3) is 3.14. The Morgan fingerprint density at radius 3 is 2.96 bits per heavy atom. The number of likely N-dealkylation sites (tertiary alicyclic amines) is 1. The molecule has 7 heteroatoms. The van der Waals surface area contributed by atoms with Gasteiger partial charge in [-0.25, -0.2) is 9.37 Å². The second kappa shape index (κ2) is 6.64. The summed E-state index contributed by atoms with van der Waals surface area (Å²) >= 11 is 1.39. The van der Waals surface area contributed by atoms with Gasteiger partial charge in [-0.15, -0.1) is 0 Å². The van der Waals surface area contributed by atoms with Crippen LogP contribution in [0.5, 0.6) is 0 Å². The minimum absolute atomic E-state index is 0.00110. The summed E-state index contributed by atoms with van der Waals surface area (Å²) in [6, 6.07) is 8.32. The van der Waals surface area contributed by atoms with Crippen LogP contribution in [0.3, 0.4) is 0 Å². The standard InChI is InChI=1S/C19H18FN3O2S/c1-11(24)23-8-2-3-13(10-23)18(25)22-19-21-16-7-4-12-9-14(20)5-6-15(12)17(16)26-19/h4-7,9,13H,2-3,8,10H2,1H3,(H,21,22,25)/t13-/m1/s1. The van der Waals surface area contributed by atoms with Crippen LogP contribution in [-0.2, 0) is 9.59 Å². The fraction of sp³-hybridized carbons (Fsp3) is 0.316. The first-order chi connectivity index (χ1) is 12.5. The van der Waals surface area contributed by atoms with Crippen molar-refractivity contribution in [1.82, 2.24) is 9.88 Å². The van der Waals surface area contributed by atoms with Crippen LogP contribution in [0.25, 0.3) is 21.0 Å². The molecule has 1 atom stereocenters. The molecule has 1 N–H and O–H groups in total. The first-order valence-electron chi connectivity index (χ1n) is 8.56. The minimum Gasteiger partial charge on any atom is -0.342 e. The van der Waals surface area contributed by atoms with E-state index in [1.54, 1.807) is 11.0 Å². The van der Waals surface area contributed by atoms with E-state index in [-0.39, 0.29) is 23.5 Å². The van der Waals surface area contributed by atoms with Crippen molar-refractivity contribution in [2.45, 2.75) is 19.8 Å². The SMILES string of the molecule is CC(=O)N1CCC[C@@H](C(=O)Nc2nc3ccc4cc(F)ccc4c3s2)C1. The topological polar surface area (TPSA) is 62.3 Å². The summed E-state index contributed by atoms with van der Waals surface area (Å²) in [4.78, 5) is 30.3. The van der Waals surface area contributed by atoms with Crippen molar-refractivity contribution in [3.05, 3.63) is 36.1 Å². The smallest absolute Gasteiger partial charge is 0.231 e. The number of hydrogen-bond donors (Lipinski definition) is 1. The van der Waals surface area contributed by atoms with E-state index >= 15 is 0 Å². The van der Waals surface area contributed by atoms with E-state index in [0.717, 1.165) is 33.8 Å². The van der Waals surface area contributed by atoms with Crippen molar-refractivity contribution in [1.29, 1.82) is 0 Å². The molecule has 2 heterocycles. The van der Waals surface area contributed by atoms with Crippen molar-refractivity contribution in [2.75, 3.05) is 18.4 Å². The number of hydrogen-bond acceptors (Lipinski definition) is 4. The van der Waals surface area contributed by atoms with Gasteiger partial charge in [0, 0.05) is 25.4 Å². The molecule has 134 valence electrons. The van der Waals surface area contributed by atoms with Crippen molar-refractivity contribution < 1.29 is 14.0 Å². The van der Waals surface area contributed by atoms with Crippen LogP contribution in [0, 0.1) is 11.7 Å². The molecule has 2 aromatic carbocycles. The van der Waals surface area contributed by atoms with Gasteiger partial charge in [0.05, 0.1) is 16.1 Å². The average molecular weight is 371 g/mol. The Kier molecular flexibility index (Phi) is 4.32. The molecule has 4 rings (SSSR count). The largest absolute Gasteiger partial charge is 0.342 e. The van der Waals surface area contributed by atoms with Gasteiger partial charge in [-0.1, -0.05) is 17.4 Å². The summed E-state index contributed by atoms with van der Waals surface area (Å²) in [6.45, 7) is 2.69. The van der Waals surface area contributed by atoms with Crippen LogP contribution in [0.2, 0.25) is 0 Å². The highest BCUT2D eigenvalue weighted by Gasteiger charge is 2.27. The van der Waals surface area contributed by atoms with Gasteiger partial charge in [-0.3, -0.25) is 9.59 Å². The molecular weight excluding hydrogens is 353 g/mol. The lowest BCUT2D eigenvalue weighted by molar-refractivity contribution is -0.132. The van der Waals surface area contributed by atoms with E-state index in [1.807, 2.05) is 12.1 Å². The molecule has 0 bridgehead atoms. The Labute approximate surface area is 153 Å². The van der Waals surface area contributed by atoms with Crippen LogP contribution in [0.1, 0.15) is 19.8 Å². The molecule has 0 unspecified atom stereocenters. The number of halogens is 1. The van der Waals surface area contributed by atoms with Crippen molar-refractivity contribution in [3.8, 4) is 0 Å². The quantitative estimate of drug-likeness (QED) is 0.746. The Balaban J connectivity index is 1.58. The van der Waals surface area contributed by atoms with Gasteiger partial charge in [0.2, 0.25) is 11.8 Å². The van der Waals surface area contributed by atoms with Crippen LogP contribution < -0.4 is 5.32 Å². The number of carbonyl (C=O) groups excluding carboxylic acids is 2. The molecule has 26 heavy (non-hydrogen) atoms. The summed E-state index contributed by atoms with van der Waals surface area (Å²) in [7, 11) is 0. The Morgan fingerprint density at radius 1 is 1.31 bits per heavy atom. The van der Waals surface area contributed by atoms with Crippen LogP contribution in [0.4, 0.5) is 9.52 Å². The van der Waals surface area contributed by atoms with E-state index in [2.05, 4.69) is 10.3 Å². The lowest BCUT2D eigenvalue weighted by atomic mass is 9.97. The Bertz CT molecular complexity index is 1020. The monoisotopic (exact) mass is 371 g/mol. The summed E-state index contributed by atoms with van der Waals surface area (Å²) in [5, 5.41) is 5.15. The summed E-state index contributed by atoms with van der Waals surface area (Å²) in [5.74, 6) is -0.598. The highest BCUT2D eigenvalue weighted by Crippen LogP contribution is 2.33. The summed E-state index contributed by atoms with van der Waals surface area (Å²) in [6.07, 6.45) is 1.59. The van der Waals surface area contributed by atoms with E-state index < -0.39 is 0 Å². The van der Waals surface area contributed by atoms with Gasteiger partial charge in [-0.05, 0) is 42.5 Å². The Hall–Kier alpha value is -2.54. The first-order valence-corrected chi connectivity index (χ1v) is 9.38. The molecule has 2 amide bonds. The maximum absolute atomic E-state index is 13.4. The number of aromatic nitrogens is 1. The molecular formula is C19H18FN3O2S. The molecule has 5 nitrogen and oxygen atoms in total. The minimum atomic E-state index is -0.276. The van der Waals surface area contributed by atoms with Gasteiger partial charge < -0.3 is 10.2 Å². The third-order valence-corrected chi connectivity index (χ3v) is 5.82. The Morgan fingerprint density at radius 2 is 2.15 bits per heavy atom. The zero-order valence-corrected chi connectivity index (χ0v) is 15.1. The number of nitrogens with zero attached hydrogens (tertiary/aromatic N) is 2. The highest BCUT2D eigenvalue weighted by molar-refractivity contribution is 7.23. The molecule has 0 radical (unpaired) electrons. The summed E-state index contributed by atoms with van der Waals surface area (Å²) < 4.78 is 14.3. The predicted molar refractivity (Wildman–Crippen MR) is 101 cm³/mol. The van der Waals surface area contributed by atoms with E-state index in [4.69, 9.17) is 0 Å². The number of fused-ring (bicyclic) bond motifs is 3. The number of anilines is 1. The average Bonchev–Trinajstić information content (AvgIpc) is 3.04. The maximum atomic E-state index is 13.4. The van der Waals surface area contributed by atoms with Crippen LogP contribution in [-0.4, -0.2) is 34.8 Å². The zero-order valence-electron chi connectivity index (χ0n) is 14.3. The second-order valence-corrected chi connectivity index (χ2v) is 7.59. The van der Waals surface area contributed by atoms with Crippen molar-refractivity contribution >= 4 is 49.3 Å². The second-order valence-electron chi connectivity index (χ2n) is 6.59. The van der Waals surface area contributed by atoms with E-state index in [9.17, 15) is 14.0 Å². The molecule has 1 aromatic heterocycles.